The molecular formula is C64H90N4O23. The fourth-order valence-electron chi connectivity index (χ4n) is 11.5. The molecule has 0 aromatic carbocycles. The third kappa shape index (κ3) is 22.2. The number of hydrogen-bond acceptors (Lipinski definition) is 22. The Hall–Kier alpha value is -6.82. The van der Waals surface area contributed by atoms with Gasteiger partial charge in [-0.3, -0.25) is 48.4 Å². The van der Waals surface area contributed by atoms with Crippen LogP contribution < -0.4 is 10.6 Å². The summed E-state index contributed by atoms with van der Waals surface area (Å²) in [6, 6.07) is -0.293. The van der Waals surface area contributed by atoms with E-state index in [1.165, 1.54) is 32.1 Å². The summed E-state index contributed by atoms with van der Waals surface area (Å²) in [4.78, 5) is 119. The maximum Gasteiger partial charge on any atom is 0.335 e. The number of nitrogens with zero attached hydrogens (tertiary/aromatic N) is 2. The third-order valence-electron chi connectivity index (χ3n) is 16.9. The second kappa shape index (κ2) is 33.1. The number of hydroxylamine groups is 4. The Morgan fingerprint density at radius 2 is 0.989 bits per heavy atom. The number of aliphatic hydroxyl groups is 2. The summed E-state index contributed by atoms with van der Waals surface area (Å²) >= 11 is 0. The number of carbonyl (C=O) groups is 10. The average molecular weight is 1280 g/mol. The van der Waals surface area contributed by atoms with Crippen LogP contribution in [0.15, 0.2) is 71.9 Å². The molecule has 6 N–H and O–H groups in total. The number of carboxylic acid groups (broad SMARTS) is 1. The Morgan fingerprint density at radius 3 is 1.34 bits per heavy atom. The summed E-state index contributed by atoms with van der Waals surface area (Å²) in [5, 5.41) is 45.7. The van der Waals surface area contributed by atoms with E-state index in [0.717, 1.165) is 24.0 Å². The molecule has 0 unspecified atom stereocenters. The van der Waals surface area contributed by atoms with E-state index in [-0.39, 0.29) is 110 Å². The molecule has 0 aromatic heterocycles. The number of carbonyl (C=O) groups excluding carboxylic acids is 9. The van der Waals surface area contributed by atoms with Crippen LogP contribution in [-0.4, -0.2) is 200 Å². The molecule has 8 rings (SSSR count). The first kappa shape index (κ1) is 73.2. The van der Waals surface area contributed by atoms with Crippen molar-refractivity contribution in [1.29, 1.82) is 0 Å². The van der Waals surface area contributed by atoms with Gasteiger partial charge < -0.3 is 68.7 Å². The third-order valence-corrected chi connectivity index (χ3v) is 16.9. The largest absolute Gasteiger partial charge is 0.481 e. The number of rotatable bonds is 21. The number of aliphatic carboxylic acids is 1. The van der Waals surface area contributed by atoms with Gasteiger partial charge in [-0.05, 0) is 91.2 Å². The molecular weight excluding hydrogens is 1190 g/mol. The first-order valence-electron chi connectivity index (χ1n) is 31.0. The van der Waals surface area contributed by atoms with E-state index >= 15 is 0 Å². The highest BCUT2D eigenvalue weighted by atomic mass is 16.7. The number of ether oxygens (including phenoxy) is 8. The van der Waals surface area contributed by atoms with Crippen LogP contribution in [0.1, 0.15) is 146 Å². The maximum atomic E-state index is 12.5. The molecule has 27 heteroatoms. The second-order valence-electron chi connectivity index (χ2n) is 24.7. The van der Waals surface area contributed by atoms with Crippen molar-refractivity contribution in [3.8, 4) is 0 Å². The number of hydrogen-bond donors (Lipinski definition) is 6. The predicted octanol–water partition coefficient (Wildman–Crippen LogP) is 3.94. The first-order chi connectivity index (χ1) is 42.9. The molecule has 8 aliphatic rings. The maximum absolute atomic E-state index is 12.5. The number of nitrogens with one attached hydrogen (secondary N) is 2. The molecule has 91 heavy (non-hydrogen) atoms. The SMILES string of the molecule is CC(=O)O[C@@H](C)/C=C\C(=O)N[C@@H]1C[C@H](C)[C@H](C/C=C(C)/C=C/[C@H]2O[C@H](CC(=O)O)C[C@@]3(CO3)[C@H]2O)O[C@@H]1C.CC(=O)O[C@@H](C)/C=C\C(=O)N[C@@H]1C[C@H](C)[C@H](C/C=C(C)/C=C/[C@H]2O[C@H](CC(=O)ON3C(=O)CCC3=O)C[C@@]3(CO3)[C@H]2O)O[C@@H]1C.O=C1CCC(=O)N1O. The van der Waals surface area contributed by atoms with Gasteiger partial charge in [-0.2, -0.15) is 5.06 Å². The number of epoxide rings is 2. The van der Waals surface area contributed by atoms with Crippen LogP contribution in [0, 0.1) is 11.8 Å². The number of aliphatic hydroxyl groups excluding tert-OH is 2. The molecule has 8 aliphatic heterocycles. The van der Waals surface area contributed by atoms with Gasteiger partial charge in [-0.25, -0.2) is 4.79 Å². The van der Waals surface area contributed by atoms with Gasteiger partial charge >= 0.3 is 23.9 Å². The zero-order valence-corrected chi connectivity index (χ0v) is 53.4. The highest BCUT2D eigenvalue weighted by Crippen LogP contribution is 2.45. The molecule has 27 nitrogen and oxygen atoms in total. The van der Waals surface area contributed by atoms with Crippen LogP contribution in [0.2, 0.25) is 0 Å². The van der Waals surface area contributed by atoms with Crippen LogP contribution in [-0.2, 0) is 90.7 Å². The number of allylic oxidation sites excluding steroid dienone is 4. The fraction of sp³-hybridized carbons (Fsp3) is 0.656. The Balaban J connectivity index is 0.000000260. The molecule has 6 amide bonds. The van der Waals surface area contributed by atoms with E-state index in [2.05, 4.69) is 30.6 Å². The van der Waals surface area contributed by atoms with E-state index in [1.807, 2.05) is 45.9 Å². The normalized spacial score (nSPS) is 34.0. The predicted molar refractivity (Wildman–Crippen MR) is 319 cm³/mol. The molecule has 18 atom stereocenters. The molecule has 2 spiro atoms. The quantitative estimate of drug-likeness (QED) is 0.0237. The minimum atomic E-state index is -0.941. The molecule has 0 aliphatic carbocycles. The highest BCUT2D eigenvalue weighted by Gasteiger charge is 2.59. The van der Waals surface area contributed by atoms with E-state index in [9.17, 15) is 58.2 Å². The minimum Gasteiger partial charge on any atom is -0.481 e. The standard InChI is InChI=1S/C32H44N2O11.C28H41NO9.C4H5NO3/c1-18(6-9-25-19(2)14-24(21(4)43-25)33-27(36)11-8-20(3)42-22(5)35)7-10-26-31(40)32(17-41-32)16-23(44-26)15-30(39)45-34-28(37)12-13-29(34)38;1-16(7-10-24-27(34)28(15-35-28)14-21(38-24)13-26(32)33)6-9-23-17(2)12-22(19(4)37-23)29-25(31)11-8-18(3)36-20(5)30;6-3-1-2-4(7)5(3)8/h6-8,10-11,19-21,23-26,31,40H,9,12-17H2,1-5H3,(H,33,36);6-8,10-11,17-19,21-24,27,34H,9,12-15H2,1-5H3,(H,29,31)(H,32,33);8H,1-2H2/b10-7+,11-8-,18-6+;10-7+,11-8-,16-6+;/t19-,20-,21+,23+,24+,25-,26+,31-,32+;17-,18-,19+,21+,22+,23-,24+,27-,28+;/m00./s1. The lowest BCUT2D eigenvalue weighted by Crippen LogP contribution is -2.50. The monoisotopic (exact) mass is 1280 g/mol. The lowest BCUT2D eigenvalue weighted by molar-refractivity contribution is -0.202. The number of imide groups is 2. The number of amides is 6. The van der Waals surface area contributed by atoms with Gasteiger partial charge in [0.05, 0.1) is 74.8 Å². The van der Waals surface area contributed by atoms with Gasteiger partial charge in [0.2, 0.25) is 11.8 Å². The highest BCUT2D eigenvalue weighted by molar-refractivity contribution is 6.01. The van der Waals surface area contributed by atoms with Crippen molar-refractivity contribution in [1.82, 2.24) is 20.8 Å². The molecule has 0 aromatic rings. The minimum absolute atomic E-state index is 0.0109. The van der Waals surface area contributed by atoms with Crippen LogP contribution in [0.5, 0.6) is 0 Å². The summed E-state index contributed by atoms with van der Waals surface area (Å²) in [5.74, 6) is -4.79. The van der Waals surface area contributed by atoms with Gasteiger partial charge in [-0.1, -0.05) is 61.4 Å². The van der Waals surface area contributed by atoms with Gasteiger partial charge in [-0.15, -0.1) is 5.06 Å². The second-order valence-corrected chi connectivity index (χ2v) is 24.7. The zero-order valence-electron chi connectivity index (χ0n) is 53.4. The van der Waals surface area contributed by atoms with Crippen molar-refractivity contribution in [2.75, 3.05) is 13.2 Å². The van der Waals surface area contributed by atoms with Crippen LogP contribution in [0.4, 0.5) is 0 Å². The van der Waals surface area contributed by atoms with Crippen molar-refractivity contribution >= 4 is 59.3 Å². The van der Waals surface area contributed by atoms with Gasteiger partial charge in [0.1, 0.15) is 47.8 Å². The number of carboxylic acids is 1. The van der Waals surface area contributed by atoms with Crippen molar-refractivity contribution in [2.45, 2.75) is 243 Å². The molecule has 8 heterocycles. The average Bonchev–Trinajstić information content (AvgIpc) is 1.64. The summed E-state index contributed by atoms with van der Waals surface area (Å²) < 4.78 is 45.4. The summed E-state index contributed by atoms with van der Waals surface area (Å²) in [7, 11) is 0. The Bertz CT molecular complexity index is 2810. The van der Waals surface area contributed by atoms with Gasteiger partial charge in [0.25, 0.3) is 23.6 Å². The first-order valence-corrected chi connectivity index (χ1v) is 31.0. The molecule has 0 radical (unpaired) electrons. The van der Waals surface area contributed by atoms with Crippen molar-refractivity contribution in [2.24, 2.45) is 11.8 Å². The van der Waals surface area contributed by atoms with Gasteiger partial charge in [0.15, 0.2) is 0 Å². The van der Waals surface area contributed by atoms with Crippen molar-refractivity contribution in [3.63, 3.8) is 0 Å². The molecule has 8 saturated heterocycles. The summed E-state index contributed by atoms with van der Waals surface area (Å²) in [5.41, 5.74) is 0.390. The van der Waals surface area contributed by atoms with Crippen molar-refractivity contribution < 1.29 is 111 Å². The van der Waals surface area contributed by atoms with Crippen LogP contribution in [0.25, 0.3) is 0 Å². The lowest BCUT2D eigenvalue weighted by atomic mass is 9.87. The Morgan fingerprint density at radius 1 is 0.604 bits per heavy atom. The molecule has 504 valence electrons. The van der Waals surface area contributed by atoms with E-state index < -0.39 is 108 Å². The fourth-order valence-corrected chi connectivity index (χ4v) is 11.5. The molecule has 0 bridgehead atoms. The van der Waals surface area contributed by atoms with E-state index in [4.69, 9.17) is 53.0 Å². The van der Waals surface area contributed by atoms with Gasteiger partial charge in [0, 0.05) is 64.5 Å². The summed E-state index contributed by atoms with van der Waals surface area (Å²) in [6.45, 7) is 18.7. The van der Waals surface area contributed by atoms with Crippen LogP contribution in [0.3, 0.4) is 0 Å². The lowest BCUT2D eigenvalue weighted by Gasteiger charge is -2.39. The number of esters is 2. The zero-order chi connectivity index (χ0) is 67.1. The Labute approximate surface area is 529 Å². The van der Waals surface area contributed by atoms with E-state index in [1.54, 1.807) is 32.1 Å². The molecule has 8 fully saturated rings. The van der Waals surface area contributed by atoms with E-state index in [0.29, 0.717) is 37.5 Å². The summed E-state index contributed by atoms with van der Waals surface area (Å²) in [6.07, 6.45) is 14.9. The Kier molecular flexibility index (Phi) is 26.7. The van der Waals surface area contributed by atoms with Crippen LogP contribution >= 0.6 is 0 Å². The molecule has 0 saturated carbocycles. The topological polar surface area (TPSA) is 372 Å². The van der Waals surface area contributed by atoms with Crippen molar-refractivity contribution in [3.05, 3.63) is 71.9 Å². The smallest absolute Gasteiger partial charge is 0.335 e.